The van der Waals surface area contributed by atoms with Crippen LogP contribution in [0.4, 0.5) is 5.82 Å². The summed E-state index contributed by atoms with van der Waals surface area (Å²) in [6.45, 7) is 0. The van der Waals surface area contributed by atoms with Crippen molar-refractivity contribution in [3.63, 3.8) is 0 Å². The van der Waals surface area contributed by atoms with Crippen molar-refractivity contribution in [3.8, 4) is 0 Å². The van der Waals surface area contributed by atoms with Gasteiger partial charge in [0.1, 0.15) is 5.82 Å². The van der Waals surface area contributed by atoms with E-state index in [1.165, 1.54) is 6.42 Å². The SMILES string of the molecule is O=C(Nc1ccc(I)cn1)C1CCCCS1. The molecule has 1 aliphatic heterocycles. The molecule has 1 atom stereocenters. The molecule has 1 aromatic rings. The molecule has 0 saturated carbocycles. The number of anilines is 1. The normalized spacial score (nSPS) is 20.4. The lowest BCUT2D eigenvalue weighted by atomic mass is 10.2. The van der Waals surface area contributed by atoms with Gasteiger partial charge in [0.25, 0.3) is 0 Å². The van der Waals surface area contributed by atoms with Crippen molar-refractivity contribution in [1.82, 2.24) is 4.98 Å². The molecule has 0 aromatic carbocycles. The number of nitrogens with one attached hydrogen (secondary N) is 1. The Morgan fingerprint density at radius 1 is 1.50 bits per heavy atom. The van der Waals surface area contributed by atoms with Crippen LogP contribution in [0.25, 0.3) is 0 Å². The van der Waals surface area contributed by atoms with Gasteiger partial charge in [-0.2, -0.15) is 0 Å². The van der Waals surface area contributed by atoms with E-state index >= 15 is 0 Å². The van der Waals surface area contributed by atoms with E-state index in [0.29, 0.717) is 5.82 Å². The summed E-state index contributed by atoms with van der Waals surface area (Å²) >= 11 is 3.95. The Balaban J connectivity index is 1.93. The average Bonchev–Trinajstić information content (AvgIpc) is 2.33. The second-order valence-corrected chi connectivity index (χ2v) is 6.26. The number of pyridine rings is 1. The first-order valence-electron chi connectivity index (χ1n) is 5.30. The lowest BCUT2D eigenvalue weighted by Crippen LogP contribution is -2.27. The molecule has 0 bridgehead atoms. The topological polar surface area (TPSA) is 42.0 Å². The van der Waals surface area contributed by atoms with Crippen molar-refractivity contribution in [2.24, 2.45) is 0 Å². The van der Waals surface area contributed by atoms with E-state index in [1.54, 1.807) is 18.0 Å². The Kier molecular flexibility index (Phi) is 4.45. The number of hydrogen-bond donors (Lipinski definition) is 1. The van der Waals surface area contributed by atoms with Crippen LogP contribution < -0.4 is 5.32 Å². The van der Waals surface area contributed by atoms with Gasteiger partial charge < -0.3 is 5.32 Å². The summed E-state index contributed by atoms with van der Waals surface area (Å²) in [4.78, 5) is 16.0. The second-order valence-electron chi connectivity index (χ2n) is 3.71. The Morgan fingerprint density at radius 3 is 3.00 bits per heavy atom. The van der Waals surface area contributed by atoms with Gasteiger partial charge in [0, 0.05) is 9.77 Å². The highest BCUT2D eigenvalue weighted by Crippen LogP contribution is 2.25. The number of hydrogen-bond acceptors (Lipinski definition) is 3. The summed E-state index contributed by atoms with van der Waals surface area (Å²) in [5.74, 6) is 1.84. The Bertz CT molecular complexity index is 363. The second kappa shape index (κ2) is 5.86. The molecular weight excluding hydrogens is 335 g/mol. The molecule has 0 aliphatic carbocycles. The summed E-state index contributed by atoms with van der Waals surface area (Å²) in [7, 11) is 0. The van der Waals surface area contributed by atoms with Crippen LogP contribution in [0.2, 0.25) is 0 Å². The van der Waals surface area contributed by atoms with E-state index in [1.807, 2.05) is 12.1 Å². The third kappa shape index (κ3) is 3.35. The van der Waals surface area contributed by atoms with Gasteiger partial charge in [0.15, 0.2) is 0 Å². The van der Waals surface area contributed by atoms with Crippen molar-refractivity contribution in [3.05, 3.63) is 21.9 Å². The minimum atomic E-state index is 0.0957. The van der Waals surface area contributed by atoms with E-state index in [2.05, 4.69) is 32.9 Å². The first kappa shape index (κ1) is 12.2. The fourth-order valence-electron chi connectivity index (χ4n) is 1.60. The monoisotopic (exact) mass is 348 g/mol. The number of aromatic nitrogens is 1. The maximum absolute atomic E-state index is 11.9. The van der Waals surface area contributed by atoms with E-state index in [9.17, 15) is 4.79 Å². The van der Waals surface area contributed by atoms with Crippen molar-refractivity contribution >= 4 is 46.1 Å². The van der Waals surface area contributed by atoms with Crippen LogP contribution in [0.1, 0.15) is 19.3 Å². The molecule has 1 amide bonds. The van der Waals surface area contributed by atoms with Gasteiger partial charge >= 0.3 is 0 Å². The quantitative estimate of drug-likeness (QED) is 0.836. The van der Waals surface area contributed by atoms with E-state index in [-0.39, 0.29) is 11.2 Å². The highest BCUT2D eigenvalue weighted by atomic mass is 127. The van der Waals surface area contributed by atoms with Crippen LogP contribution in [-0.4, -0.2) is 21.9 Å². The molecule has 2 rings (SSSR count). The van der Waals surface area contributed by atoms with E-state index in [0.717, 1.165) is 22.2 Å². The first-order valence-corrected chi connectivity index (χ1v) is 7.42. The molecule has 2 heterocycles. The number of carbonyl (C=O) groups excluding carboxylic acids is 1. The highest BCUT2D eigenvalue weighted by Gasteiger charge is 2.21. The minimum Gasteiger partial charge on any atom is -0.310 e. The molecule has 0 radical (unpaired) electrons. The maximum atomic E-state index is 11.9. The zero-order valence-electron chi connectivity index (χ0n) is 8.78. The lowest BCUT2D eigenvalue weighted by Gasteiger charge is -2.20. The van der Waals surface area contributed by atoms with Crippen molar-refractivity contribution in [2.75, 3.05) is 11.1 Å². The van der Waals surface area contributed by atoms with Gasteiger partial charge in [-0.25, -0.2) is 4.98 Å². The molecule has 3 nitrogen and oxygen atoms in total. The summed E-state index contributed by atoms with van der Waals surface area (Å²) in [5, 5.41) is 2.97. The van der Waals surface area contributed by atoms with Crippen molar-refractivity contribution < 1.29 is 4.79 Å². The third-order valence-corrected chi connectivity index (χ3v) is 4.47. The molecule has 1 saturated heterocycles. The largest absolute Gasteiger partial charge is 0.310 e. The van der Waals surface area contributed by atoms with Gasteiger partial charge in [-0.15, -0.1) is 11.8 Å². The zero-order chi connectivity index (χ0) is 11.4. The number of rotatable bonds is 2. The average molecular weight is 348 g/mol. The van der Waals surface area contributed by atoms with Crippen LogP contribution in [0.5, 0.6) is 0 Å². The minimum absolute atomic E-state index is 0.0957. The molecule has 1 aliphatic rings. The van der Waals surface area contributed by atoms with Crippen LogP contribution in [-0.2, 0) is 4.79 Å². The summed E-state index contributed by atoms with van der Waals surface area (Å²) < 4.78 is 1.07. The molecule has 1 fully saturated rings. The maximum Gasteiger partial charge on any atom is 0.238 e. The predicted octanol–water partition coefficient (Wildman–Crippen LogP) is 2.91. The number of amides is 1. The molecule has 0 spiro atoms. The molecule has 86 valence electrons. The fourth-order valence-corrected chi connectivity index (χ4v) is 3.12. The smallest absolute Gasteiger partial charge is 0.238 e. The van der Waals surface area contributed by atoms with Crippen molar-refractivity contribution in [2.45, 2.75) is 24.5 Å². The molecule has 1 N–H and O–H groups in total. The van der Waals surface area contributed by atoms with Gasteiger partial charge in [-0.05, 0) is 53.3 Å². The van der Waals surface area contributed by atoms with Gasteiger partial charge in [0.2, 0.25) is 5.91 Å². The van der Waals surface area contributed by atoms with Crippen molar-refractivity contribution in [1.29, 1.82) is 0 Å². The Labute approximate surface area is 113 Å². The zero-order valence-corrected chi connectivity index (χ0v) is 11.8. The van der Waals surface area contributed by atoms with Crippen LogP contribution in [0.3, 0.4) is 0 Å². The predicted molar refractivity (Wildman–Crippen MR) is 75.7 cm³/mol. The molecule has 5 heteroatoms. The molecule has 1 aromatic heterocycles. The molecule has 1 unspecified atom stereocenters. The molecule has 16 heavy (non-hydrogen) atoms. The van der Waals surface area contributed by atoms with E-state index in [4.69, 9.17) is 0 Å². The number of carbonyl (C=O) groups is 1. The van der Waals surface area contributed by atoms with Crippen LogP contribution in [0, 0.1) is 3.57 Å². The summed E-state index contributed by atoms with van der Waals surface area (Å²) in [6.07, 6.45) is 5.13. The number of nitrogens with zero attached hydrogens (tertiary/aromatic N) is 1. The van der Waals surface area contributed by atoms with E-state index < -0.39 is 0 Å². The van der Waals surface area contributed by atoms with Crippen LogP contribution >= 0.6 is 34.4 Å². The summed E-state index contributed by atoms with van der Waals surface area (Å²) in [5.41, 5.74) is 0. The first-order chi connectivity index (χ1) is 7.75. The van der Waals surface area contributed by atoms with Gasteiger partial charge in [-0.1, -0.05) is 6.42 Å². The number of halogens is 1. The molecular formula is C11H13IN2OS. The standard InChI is InChI=1S/C11H13IN2OS/c12-8-4-5-10(13-7-8)14-11(15)9-3-1-2-6-16-9/h4-5,7,9H,1-3,6H2,(H,13,14,15). The van der Waals surface area contributed by atoms with Gasteiger partial charge in [0.05, 0.1) is 5.25 Å². The van der Waals surface area contributed by atoms with Crippen LogP contribution in [0.15, 0.2) is 18.3 Å². The van der Waals surface area contributed by atoms with Gasteiger partial charge in [-0.3, -0.25) is 4.79 Å². The third-order valence-electron chi connectivity index (χ3n) is 2.45. The lowest BCUT2D eigenvalue weighted by molar-refractivity contribution is -0.115. The Hall–Kier alpha value is -0.300. The highest BCUT2D eigenvalue weighted by molar-refractivity contribution is 14.1. The Morgan fingerprint density at radius 2 is 2.38 bits per heavy atom. The number of thioether (sulfide) groups is 1. The fraction of sp³-hybridized carbons (Fsp3) is 0.455. The summed E-state index contributed by atoms with van der Waals surface area (Å²) in [6, 6.07) is 3.78.